The number of rotatable bonds is 2. The maximum absolute atomic E-state index is 12.6. The van der Waals surface area contributed by atoms with Crippen molar-refractivity contribution in [1.82, 2.24) is 4.98 Å². The normalized spacial score (nSPS) is 11.4. The van der Waals surface area contributed by atoms with Crippen LogP contribution in [-0.4, -0.2) is 16.1 Å². The molecule has 104 valence electrons. The van der Waals surface area contributed by atoms with E-state index in [0.29, 0.717) is 0 Å². The Morgan fingerprint density at radius 3 is 2.55 bits per heavy atom. The number of pyridine rings is 1. The third kappa shape index (κ3) is 2.91. The fraction of sp³-hybridized carbons (Fsp3) is 0.0769. The Balaban J connectivity index is 2.57. The molecule has 0 bridgehead atoms. The molecule has 1 aromatic heterocycles. The van der Waals surface area contributed by atoms with E-state index < -0.39 is 17.7 Å². The standard InChI is InChI=1S/C13H7ClF3NO2/c14-11-10(5-8(6-18-11)12(19)20)7-2-1-3-9(4-7)13(15,16)17/h1-6H,(H,19,20). The predicted octanol–water partition coefficient (Wildman–Crippen LogP) is 4.12. The summed E-state index contributed by atoms with van der Waals surface area (Å²) in [6, 6.07) is 5.64. The highest BCUT2D eigenvalue weighted by Crippen LogP contribution is 2.34. The molecular weight excluding hydrogens is 295 g/mol. The van der Waals surface area contributed by atoms with Crippen molar-refractivity contribution in [3.8, 4) is 11.1 Å². The number of carboxylic acid groups (broad SMARTS) is 1. The molecule has 1 N–H and O–H groups in total. The van der Waals surface area contributed by atoms with Crippen molar-refractivity contribution in [3.63, 3.8) is 0 Å². The largest absolute Gasteiger partial charge is 0.478 e. The highest BCUT2D eigenvalue weighted by molar-refractivity contribution is 6.32. The topological polar surface area (TPSA) is 50.2 Å². The zero-order valence-corrected chi connectivity index (χ0v) is 10.5. The molecule has 1 aromatic carbocycles. The van der Waals surface area contributed by atoms with E-state index in [1.807, 2.05) is 0 Å². The summed E-state index contributed by atoms with van der Waals surface area (Å²) in [5.41, 5.74) is -0.702. The van der Waals surface area contributed by atoms with Crippen molar-refractivity contribution in [2.24, 2.45) is 0 Å². The minimum atomic E-state index is -4.49. The number of halogens is 4. The van der Waals surface area contributed by atoms with Gasteiger partial charge in [0.25, 0.3) is 0 Å². The summed E-state index contributed by atoms with van der Waals surface area (Å²) in [4.78, 5) is 14.5. The molecule has 0 unspecified atom stereocenters. The second-order valence-electron chi connectivity index (χ2n) is 3.95. The van der Waals surface area contributed by atoms with Crippen LogP contribution in [0.5, 0.6) is 0 Å². The van der Waals surface area contributed by atoms with E-state index in [4.69, 9.17) is 16.7 Å². The van der Waals surface area contributed by atoms with E-state index >= 15 is 0 Å². The van der Waals surface area contributed by atoms with E-state index in [1.165, 1.54) is 18.2 Å². The van der Waals surface area contributed by atoms with Crippen LogP contribution in [0.15, 0.2) is 36.5 Å². The molecule has 0 saturated heterocycles. The summed E-state index contributed by atoms with van der Waals surface area (Å²) in [5, 5.41) is 8.81. The summed E-state index contributed by atoms with van der Waals surface area (Å²) < 4.78 is 37.9. The average molecular weight is 302 g/mol. The molecule has 3 nitrogen and oxygen atoms in total. The van der Waals surface area contributed by atoms with Crippen LogP contribution in [0.25, 0.3) is 11.1 Å². The third-order valence-electron chi connectivity index (χ3n) is 2.59. The van der Waals surface area contributed by atoms with Gasteiger partial charge in [0.15, 0.2) is 0 Å². The maximum atomic E-state index is 12.6. The van der Waals surface area contributed by atoms with Gasteiger partial charge in [0.05, 0.1) is 11.1 Å². The number of hydrogen-bond donors (Lipinski definition) is 1. The van der Waals surface area contributed by atoms with Gasteiger partial charge in [0.1, 0.15) is 5.15 Å². The molecule has 0 spiro atoms. The highest BCUT2D eigenvalue weighted by Gasteiger charge is 2.30. The number of alkyl halides is 3. The molecule has 0 saturated carbocycles. The molecule has 0 aliphatic heterocycles. The predicted molar refractivity (Wildman–Crippen MR) is 66.6 cm³/mol. The number of carboxylic acids is 1. The minimum absolute atomic E-state index is 0.0608. The first-order valence-corrected chi connectivity index (χ1v) is 5.73. The Morgan fingerprint density at radius 2 is 1.95 bits per heavy atom. The van der Waals surface area contributed by atoms with Crippen molar-refractivity contribution in [1.29, 1.82) is 0 Å². The minimum Gasteiger partial charge on any atom is -0.478 e. The van der Waals surface area contributed by atoms with Crippen LogP contribution in [0.4, 0.5) is 13.2 Å². The van der Waals surface area contributed by atoms with Crippen LogP contribution in [0, 0.1) is 0 Å². The summed E-state index contributed by atoms with van der Waals surface area (Å²) in [6.45, 7) is 0. The van der Waals surface area contributed by atoms with Crippen molar-refractivity contribution >= 4 is 17.6 Å². The molecule has 0 aliphatic carbocycles. The van der Waals surface area contributed by atoms with Crippen LogP contribution in [0.1, 0.15) is 15.9 Å². The molecule has 7 heteroatoms. The van der Waals surface area contributed by atoms with Crippen molar-refractivity contribution in [2.75, 3.05) is 0 Å². The Morgan fingerprint density at radius 1 is 1.25 bits per heavy atom. The van der Waals surface area contributed by atoms with Gasteiger partial charge in [0, 0.05) is 11.8 Å². The van der Waals surface area contributed by atoms with E-state index in [0.717, 1.165) is 18.3 Å². The number of carbonyl (C=O) groups is 1. The third-order valence-corrected chi connectivity index (χ3v) is 2.89. The second-order valence-corrected chi connectivity index (χ2v) is 4.30. The number of benzene rings is 1. The molecule has 2 rings (SSSR count). The zero-order chi connectivity index (χ0) is 14.9. The Kier molecular flexibility index (Phi) is 3.67. The van der Waals surface area contributed by atoms with Gasteiger partial charge in [-0.15, -0.1) is 0 Å². The molecule has 0 radical (unpaired) electrons. The van der Waals surface area contributed by atoms with Crippen molar-refractivity contribution in [2.45, 2.75) is 6.18 Å². The molecule has 20 heavy (non-hydrogen) atoms. The number of aromatic carboxylic acids is 1. The van der Waals surface area contributed by atoms with E-state index in [1.54, 1.807) is 0 Å². The van der Waals surface area contributed by atoms with Gasteiger partial charge in [-0.05, 0) is 23.8 Å². The van der Waals surface area contributed by atoms with Crippen LogP contribution >= 0.6 is 11.6 Å². The van der Waals surface area contributed by atoms with Gasteiger partial charge in [-0.3, -0.25) is 0 Å². The first kappa shape index (κ1) is 14.3. The highest BCUT2D eigenvalue weighted by atomic mass is 35.5. The Hall–Kier alpha value is -2.08. The zero-order valence-electron chi connectivity index (χ0n) is 9.78. The van der Waals surface area contributed by atoms with Gasteiger partial charge in [-0.25, -0.2) is 9.78 Å². The van der Waals surface area contributed by atoms with Gasteiger partial charge in [-0.2, -0.15) is 13.2 Å². The van der Waals surface area contributed by atoms with Gasteiger partial charge < -0.3 is 5.11 Å². The Bertz CT molecular complexity index is 671. The van der Waals surface area contributed by atoms with E-state index in [-0.39, 0.29) is 21.8 Å². The lowest BCUT2D eigenvalue weighted by atomic mass is 10.0. The van der Waals surface area contributed by atoms with Crippen molar-refractivity contribution in [3.05, 3.63) is 52.8 Å². The summed E-state index contributed by atoms with van der Waals surface area (Å²) in [6.07, 6.45) is -3.44. The maximum Gasteiger partial charge on any atom is 0.416 e. The smallest absolute Gasteiger partial charge is 0.416 e. The SMILES string of the molecule is O=C(O)c1cnc(Cl)c(-c2cccc(C(F)(F)F)c2)c1. The number of nitrogens with zero attached hydrogens (tertiary/aromatic N) is 1. The quantitative estimate of drug-likeness (QED) is 0.849. The molecule has 2 aromatic rings. The average Bonchev–Trinajstić information content (AvgIpc) is 2.38. The molecule has 0 fully saturated rings. The summed E-state index contributed by atoms with van der Waals surface area (Å²) >= 11 is 5.82. The number of hydrogen-bond acceptors (Lipinski definition) is 2. The van der Waals surface area contributed by atoms with Crippen LogP contribution in [0.3, 0.4) is 0 Å². The second kappa shape index (κ2) is 5.13. The summed E-state index contributed by atoms with van der Waals surface area (Å²) in [5.74, 6) is -1.23. The first-order valence-electron chi connectivity index (χ1n) is 5.35. The van der Waals surface area contributed by atoms with Gasteiger partial charge in [-0.1, -0.05) is 23.7 Å². The fourth-order valence-electron chi connectivity index (χ4n) is 1.63. The van der Waals surface area contributed by atoms with Gasteiger partial charge >= 0.3 is 12.1 Å². The number of aromatic nitrogens is 1. The molecule has 0 atom stereocenters. The Labute approximate surface area is 116 Å². The summed E-state index contributed by atoms with van der Waals surface area (Å²) in [7, 11) is 0. The first-order chi connectivity index (χ1) is 9.29. The molecular formula is C13H7ClF3NO2. The molecule has 0 amide bonds. The molecule has 0 aliphatic rings. The lowest BCUT2D eigenvalue weighted by molar-refractivity contribution is -0.137. The van der Waals surface area contributed by atoms with Crippen LogP contribution < -0.4 is 0 Å². The van der Waals surface area contributed by atoms with Crippen LogP contribution in [-0.2, 0) is 6.18 Å². The monoisotopic (exact) mass is 301 g/mol. The fourth-order valence-corrected chi connectivity index (χ4v) is 1.84. The van der Waals surface area contributed by atoms with E-state index in [2.05, 4.69) is 4.98 Å². The lowest BCUT2D eigenvalue weighted by Crippen LogP contribution is -2.04. The molecule has 1 heterocycles. The van der Waals surface area contributed by atoms with Crippen LogP contribution in [0.2, 0.25) is 5.15 Å². The van der Waals surface area contributed by atoms with E-state index in [9.17, 15) is 18.0 Å². The van der Waals surface area contributed by atoms with Gasteiger partial charge in [0.2, 0.25) is 0 Å². The lowest BCUT2D eigenvalue weighted by Gasteiger charge is -2.10. The van der Waals surface area contributed by atoms with Crippen molar-refractivity contribution < 1.29 is 23.1 Å².